The lowest BCUT2D eigenvalue weighted by molar-refractivity contribution is -0.128. The molecule has 118 valence electrons. The smallest absolute Gasteiger partial charge is 0.219 e. The minimum absolute atomic E-state index is 0.0679. The number of methoxy groups -OCH3 is 1. The molecule has 1 rings (SSSR count). The fourth-order valence-electron chi connectivity index (χ4n) is 2.30. The Morgan fingerprint density at radius 1 is 1.38 bits per heavy atom. The molecule has 1 atom stereocenters. The summed E-state index contributed by atoms with van der Waals surface area (Å²) in [6, 6.07) is 8.39. The molecule has 1 aromatic carbocycles. The third-order valence-electron chi connectivity index (χ3n) is 3.71. The molecule has 1 aromatic rings. The average Bonchev–Trinajstić information content (AvgIpc) is 2.40. The zero-order valence-corrected chi connectivity index (χ0v) is 14.1. The van der Waals surface area contributed by atoms with Gasteiger partial charge in [0.1, 0.15) is 0 Å². The van der Waals surface area contributed by atoms with Gasteiger partial charge in [-0.25, -0.2) is 0 Å². The quantitative estimate of drug-likeness (QED) is 0.838. The van der Waals surface area contributed by atoms with E-state index < -0.39 is 0 Å². The topological polar surface area (TPSA) is 41.6 Å². The number of benzene rings is 1. The molecule has 0 aliphatic heterocycles. The monoisotopic (exact) mass is 292 g/mol. The van der Waals surface area contributed by atoms with Crippen molar-refractivity contribution in [3.63, 3.8) is 0 Å². The van der Waals surface area contributed by atoms with E-state index in [0.717, 1.165) is 17.7 Å². The van der Waals surface area contributed by atoms with Crippen LogP contribution in [0.25, 0.3) is 0 Å². The molecule has 0 saturated heterocycles. The number of hydrogen-bond donors (Lipinski definition) is 1. The first-order valence-electron chi connectivity index (χ1n) is 7.36. The number of nitrogens with zero attached hydrogens (tertiary/aromatic N) is 1. The number of ether oxygens (including phenoxy) is 1. The van der Waals surface area contributed by atoms with Gasteiger partial charge in [-0.2, -0.15) is 0 Å². The van der Waals surface area contributed by atoms with Crippen LogP contribution in [0.2, 0.25) is 0 Å². The number of hydrogen-bond acceptors (Lipinski definition) is 3. The van der Waals surface area contributed by atoms with Crippen LogP contribution in [-0.4, -0.2) is 36.6 Å². The van der Waals surface area contributed by atoms with Crippen molar-refractivity contribution in [1.82, 2.24) is 4.90 Å². The predicted octanol–water partition coefficient (Wildman–Crippen LogP) is 3.28. The van der Waals surface area contributed by atoms with Crippen molar-refractivity contribution in [2.24, 2.45) is 0 Å². The van der Waals surface area contributed by atoms with Crippen LogP contribution in [0.5, 0.6) is 0 Å². The summed E-state index contributed by atoms with van der Waals surface area (Å²) in [4.78, 5) is 13.1. The highest BCUT2D eigenvalue weighted by molar-refractivity contribution is 5.73. The zero-order valence-electron chi connectivity index (χ0n) is 14.1. The van der Waals surface area contributed by atoms with Crippen LogP contribution in [0.4, 0.5) is 5.69 Å². The summed E-state index contributed by atoms with van der Waals surface area (Å²) in [6.45, 7) is 8.51. The summed E-state index contributed by atoms with van der Waals surface area (Å²) in [5.74, 6) is 0.0679. The van der Waals surface area contributed by atoms with Crippen LogP contribution in [0.3, 0.4) is 0 Å². The molecule has 1 amide bonds. The van der Waals surface area contributed by atoms with Gasteiger partial charge in [-0.3, -0.25) is 4.79 Å². The highest BCUT2D eigenvalue weighted by Gasteiger charge is 2.20. The highest BCUT2D eigenvalue weighted by Crippen LogP contribution is 2.22. The third kappa shape index (κ3) is 5.76. The van der Waals surface area contributed by atoms with Gasteiger partial charge >= 0.3 is 0 Å². The van der Waals surface area contributed by atoms with E-state index in [9.17, 15) is 4.79 Å². The van der Waals surface area contributed by atoms with E-state index in [2.05, 4.69) is 38.2 Å². The van der Waals surface area contributed by atoms with Crippen LogP contribution in [0.15, 0.2) is 24.3 Å². The Morgan fingerprint density at radius 3 is 2.57 bits per heavy atom. The lowest BCUT2D eigenvalue weighted by Crippen LogP contribution is -2.31. The molecule has 1 unspecified atom stereocenters. The van der Waals surface area contributed by atoms with Gasteiger partial charge in [0, 0.05) is 39.4 Å². The van der Waals surface area contributed by atoms with E-state index in [1.165, 1.54) is 0 Å². The molecule has 4 nitrogen and oxygen atoms in total. The molecule has 0 saturated carbocycles. The first kappa shape index (κ1) is 17.5. The Kier molecular flexibility index (Phi) is 6.21. The lowest BCUT2D eigenvalue weighted by Gasteiger charge is -2.28. The molecule has 0 aliphatic rings. The molecule has 21 heavy (non-hydrogen) atoms. The van der Waals surface area contributed by atoms with Crippen molar-refractivity contribution in [1.29, 1.82) is 0 Å². The molecular weight excluding hydrogens is 264 g/mol. The Hall–Kier alpha value is -1.55. The normalized spacial score (nSPS) is 12.9. The maximum atomic E-state index is 11.4. The summed E-state index contributed by atoms with van der Waals surface area (Å²) in [5.41, 5.74) is 2.04. The van der Waals surface area contributed by atoms with Crippen LogP contribution < -0.4 is 5.32 Å². The summed E-state index contributed by atoms with van der Waals surface area (Å²) in [7, 11) is 3.55. The lowest BCUT2D eigenvalue weighted by atomic mass is 9.99. The number of carbonyl (C=O) groups is 1. The highest BCUT2D eigenvalue weighted by atomic mass is 16.5. The van der Waals surface area contributed by atoms with Gasteiger partial charge in [-0.1, -0.05) is 18.2 Å². The van der Waals surface area contributed by atoms with Crippen molar-refractivity contribution < 1.29 is 9.53 Å². The molecule has 0 aliphatic carbocycles. The van der Waals surface area contributed by atoms with E-state index in [1.54, 1.807) is 18.9 Å². The third-order valence-corrected chi connectivity index (χ3v) is 3.71. The SMILES string of the molecule is COC(C)(C)CC(C)Nc1ccccc1CN(C)C(C)=O. The maximum absolute atomic E-state index is 11.4. The van der Waals surface area contributed by atoms with Crippen molar-refractivity contribution in [2.75, 3.05) is 19.5 Å². The summed E-state index contributed by atoms with van der Waals surface area (Å²) in [6.07, 6.45) is 0.903. The molecule has 0 heterocycles. The second-order valence-corrected chi connectivity index (χ2v) is 6.25. The molecular formula is C17H28N2O2. The van der Waals surface area contributed by atoms with Crippen molar-refractivity contribution in [3.8, 4) is 0 Å². The molecule has 1 N–H and O–H groups in total. The standard InChI is InChI=1S/C17H28N2O2/c1-13(11-17(3,4)21-6)18-16-10-8-7-9-15(16)12-19(5)14(2)20/h7-10,13,18H,11-12H2,1-6H3. The van der Waals surface area contributed by atoms with Gasteiger partial charge < -0.3 is 15.0 Å². The fraction of sp³-hybridized carbons (Fsp3) is 0.588. The molecule has 0 fully saturated rings. The largest absolute Gasteiger partial charge is 0.382 e. The predicted molar refractivity (Wildman–Crippen MR) is 87.4 cm³/mol. The fourth-order valence-corrected chi connectivity index (χ4v) is 2.30. The Labute approximate surface area is 128 Å². The second-order valence-electron chi connectivity index (χ2n) is 6.25. The number of anilines is 1. The van der Waals surface area contributed by atoms with Gasteiger partial charge in [0.2, 0.25) is 5.91 Å². The molecule has 0 radical (unpaired) electrons. The van der Waals surface area contributed by atoms with Crippen LogP contribution >= 0.6 is 0 Å². The van der Waals surface area contributed by atoms with E-state index in [0.29, 0.717) is 6.54 Å². The van der Waals surface area contributed by atoms with Crippen LogP contribution in [-0.2, 0) is 16.1 Å². The van der Waals surface area contributed by atoms with Crippen LogP contribution in [0, 0.1) is 0 Å². The Morgan fingerprint density at radius 2 is 2.00 bits per heavy atom. The van der Waals surface area contributed by atoms with Gasteiger partial charge in [-0.05, 0) is 38.8 Å². The maximum Gasteiger partial charge on any atom is 0.219 e. The molecule has 0 bridgehead atoms. The first-order chi connectivity index (χ1) is 9.75. The zero-order chi connectivity index (χ0) is 16.0. The number of amides is 1. The Balaban J connectivity index is 2.77. The first-order valence-corrected chi connectivity index (χ1v) is 7.36. The van der Waals surface area contributed by atoms with E-state index >= 15 is 0 Å². The van der Waals surface area contributed by atoms with E-state index in [1.807, 2.05) is 19.2 Å². The summed E-state index contributed by atoms with van der Waals surface area (Å²) in [5, 5.41) is 3.53. The van der Waals surface area contributed by atoms with Crippen molar-refractivity contribution in [2.45, 2.75) is 52.3 Å². The van der Waals surface area contributed by atoms with Crippen molar-refractivity contribution in [3.05, 3.63) is 29.8 Å². The second kappa shape index (κ2) is 7.46. The van der Waals surface area contributed by atoms with E-state index in [4.69, 9.17) is 4.74 Å². The average molecular weight is 292 g/mol. The summed E-state index contributed by atoms with van der Waals surface area (Å²) >= 11 is 0. The molecule has 4 heteroatoms. The van der Waals surface area contributed by atoms with Gasteiger partial charge in [0.25, 0.3) is 0 Å². The molecule has 0 spiro atoms. The van der Waals surface area contributed by atoms with Crippen molar-refractivity contribution >= 4 is 11.6 Å². The Bertz CT molecular complexity index is 472. The van der Waals surface area contributed by atoms with Gasteiger partial charge in [0.05, 0.1) is 5.60 Å². The molecule has 0 aromatic heterocycles. The van der Waals surface area contributed by atoms with Gasteiger partial charge in [-0.15, -0.1) is 0 Å². The van der Waals surface area contributed by atoms with Crippen LogP contribution in [0.1, 0.15) is 39.7 Å². The minimum atomic E-state index is -0.155. The number of rotatable bonds is 7. The minimum Gasteiger partial charge on any atom is -0.382 e. The summed E-state index contributed by atoms with van der Waals surface area (Å²) < 4.78 is 5.48. The number of nitrogens with one attached hydrogen (secondary N) is 1. The van der Waals surface area contributed by atoms with E-state index in [-0.39, 0.29) is 17.6 Å². The number of carbonyl (C=O) groups excluding carboxylic acids is 1. The number of para-hydroxylation sites is 1. The van der Waals surface area contributed by atoms with Gasteiger partial charge in [0.15, 0.2) is 0 Å².